The van der Waals surface area contributed by atoms with Crippen LogP contribution in [0.1, 0.15) is 5.56 Å². The van der Waals surface area contributed by atoms with Crippen molar-refractivity contribution >= 4 is 58.1 Å². The normalized spacial score (nSPS) is 10.3. The fourth-order valence-corrected chi connectivity index (χ4v) is 2.67. The van der Waals surface area contributed by atoms with Crippen LogP contribution in [0.5, 0.6) is 5.75 Å². The standard InChI is InChI=1S/C17H13Cl3N2O6/c1-9-3-2-4-13(22(25)26)17(9)21-15(23)7-28-16(24)8-27-14-6-11(19)10(18)5-12(14)20/h2-6H,7-8H2,1H3,(H,21,23). The second-order valence-electron chi connectivity index (χ2n) is 5.42. The van der Waals surface area contributed by atoms with E-state index in [9.17, 15) is 19.7 Å². The maximum absolute atomic E-state index is 11.9. The fraction of sp³-hybridized carbons (Fsp3) is 0.176. The molecule has 0 heterocycles. The molecule has 2 rings (SSSR count). The van der Waals surface area contributed by atoms with Gasteiger partial charge < -0.3 is 14.8 Å². The molecule has 1 N–H and O–H groups in total. The number of esters is 1. The monoisotopic (exact) mass is 446 g/mol. The molecule has 0 atom stereocenters. The maximum atomic E-state index is 11.9. The van der Waals surface area contributed by atoms with Crippen LogP contribution in [0.3, 0.4) is 0 Å². The number of para-hydroxylation sites is 1. The molecule has 0 bridgehead atoms. The van der Waals surface area contributed by atoms with E-state index in [0.717, 1.165) is 0 Å². The van der Waals surface area contributed by atoms with Crippen LogP contribution in [0.25, 0.3) is 0 Å². The average molecular weight is 448 g/mol. The lowest BCUT2D eigenvalue weighted by molar-refractivity contribution is -0.384. The molecule has 0 saturated heterocycles. The zero-order chi connectivity index (χ0) is 20.8. The van der Waals surface area contributed by atoms with E-state index in [1.54, 1.807) is 13.0 Å². The first kappa shape index (κ1) is 21.7. The van der Waals surface area contributed by atoms with E-state index in [1.165, 1.54) is 24.3 Å². The molecule has 0 radical (unpaired) electrons. The number of rotatable bonds is 7. The SMILES string of the molecule is Cc1cccc([N+](=O)[O-])c1NC(=O)COC(=O)COc1cc(Cl)c(Cl)cc1Cl. The van der Waals surface area contributed by atoms with Crippen LogP contribution >= 0.6 is 34.8 Å². The number of anilines is 1. The van der Waals surface area contributed by atoms with Crippen molar-refractivity contribution in [1.29, 1.82) is 0 Å². The number of nitro groups is 1. The van der Waals surface area contributed by atoms with Crippen molar-refractivity contribution in [2.24, 2.45) is 0 Å². The van der Waals surface area contributed by atoms with Gasteiger partial charge in [0.05, 0.1) is 20.0 Å². The first-order valence-corrected chi connectivity index (χ1v) is 8.79. The molecule has 8 nitrogen and oxygen atoms in total. The summed E-state index contributed by atoms with van der Waals surface area (Å²) in [7, 11) is 0. The average Bonchev–Trinajstić information content (AvgIpc) is 2.63. The number of nitrogens with zero attached hydrogens (tertiary/aromatic N) is 1. The number of carbonyl (C=O) groups is 2. The highest BCUT2D eigenvalue weighted by Gasteiger charge is 2.18. The molecule has 148 valence electrons. The van der Waals surface area contributed by atoms with Gasteiger partial charge >= 0.3 is 5.97 Å². The number of hydrogen-bond acceptors (Lipinski definition) is 6. The summed E-state index contributed by atoms with van der Waals surface area (Å²) in [6.45, 7) is 0.418. The smallest absolute Gasteiger partial charge is 0.344 e. The minimum absolute atomic E-state index is 0.0346. The molecule has 28 heavy (non-hydrogen) atoms. The number of aryl methyl sites for hydroxylation is 1. The van der Waals surface area contributed by atoms with Crippen molar-refractivity contribution in [3.8, 4) is 5.75 Å². The number of nitro benzene ring substituents is 1. The number of hydrogen-bond donors (Lipinski definition) is 1. The Morgan fingerprint density at radius 2 is 1.79 bits per heavy atom. The highest BCUT2D eigenvalue weighted by atomic mass is 35.5. The van der Waals surface area contributed by atoms with Crippen LogP contribution in [0, 0.1) is 17.0 Å². The van der Waals surface area contributed by atoms with Crippen LogP contribution in [0.15, 0.2) is 30.3 Å². The van der Waals surface area contributed by atoms with E-state index in [2.05, 4.69) is 5.32 Å². The summed E-state index contributed by atoms with van der Waals surface area (Å²) in [6, 6.07) is 7.04. The number of nitrogens with one attached hydrogen (secondary N) is 1. The van der Waals surface area contributed by atoms with E-state index in [-0.39, 0.29) is 32.2 Å². The molecule has 0 aliphatic rings. The van der Waals surface area contributed by atoms with Crippen molar-refractivity contribution in [3.63, 3.8) is 0 Å². The zero-order valence-corrected chi connectivity index (χ0v) is 16.6. The van der Waals surface area contributed by atoms with E-state index in [4.69, 9.17) is 44.3 Å². The second kappa shape index (κ2) is 9.59. The van der Waals surface area contributed by atoms with Crippen molar-refractivity contribution in [2.75, 3.05) is 18.5 Å². The Kier molecular flexibility index (Phi) is 7.45. The minimum atomic E-state index is -0.850. The topological polar surface area (TPSA) is 108 Å². The van der Waals surface area contributed by atoms with Gasteiger partial charge in [-0.05, 0) is 18.6 Å². The van der Waals surface area contributed by atoms with Crippen LogP contribution in [-0.4, -0.2) is 30.0 Å². The van der Waals surface area contributed by atoms with Gasteiger partial charge in [-0.2, -0.15) is 0 Å². The Morgan fingerprint density at radius 3 is 2.46 bits per heavy atom. The van der Waals surface area contributed by atoms with Crippen molar-refractivity contribution in [3.05, 3.63) is 61.1 Å². The van der Waals surface area contributed by atoms with Crippen molar-refractivity contribution < 1.29 is 24.0 Å². The largest absolute Gasteiger partial charge is 0.480 e. The van der Waals surface area contributed by atoms with Gasteiger partial charge in [-0.1, -0.05) is 46.9 Å². The molecule has 0 spiro atoms. The van der Waals surface area contributed by atoms with E-state index >= 15 is 0 Å². The molecule has 11 heteroatoms. The lowest BCUT2D eigenvalue weighted by atomic mass is 10.1. The predicted octanol–water partition coefficient (Wildman–Crippen LogP) is 4.42. The van der Waals surface area contributed by atoms with Crippen LogP contribution in [-0.2, 0) is 14.3 Å². The fourth-order valence-electron chi connectivity index (χ4n) is 2.08. The first-order valence-electron chi connectivity index (χ1n) is 7.66. The second-order valence-corrected chi connectivity index (χ2v) is 6.64. The van der Waals surface area contributed by atoms with Gasteiger partial charge in [0, 0.05) is 12.1 Å². The summed E-state index contributed by atoms with van der Waals surface area (Å²) in [5.74, 6) is -1.47. The van der Waals surface area contributed by atoms with Gasteiger partial charge in [-0.25, -0.2) is 4.79 Å². The van der Waals surface area contributed by atoms with E-state index < -0.39 is 30.0 Å². The molecule has 0 saturated carbocycles. The summed E-state index contributed by atoms with van der Waals surface area (Å²) in [6.07, 6.45) is 0. The molecule has 0 aliphatic carbocycles. The molecular weight excluding hydrogens is 435 g/mol. The number of carbonyl (C=O) groups excluding carboxylic acids is 2. The third kappa shape index (κ3) is 5.72. The molecule has 0 unspecified atom stereocenters. The highest BCUT2D eigenvalue weighted by Crippen LogP contribution is 2.33. The zero-order valence-electron chi connectivity index (χ0n) is 14.3. The van der Waals surface area contributed by atoms with Gasteiger partial charge in [0.2, 0.25) is 0 Å². The number of benzene rings is 2. The number of halogens is 3. The van der Waals surface area contributed by atoms with Gasteiger partial charge in [-0.3, -0.25) is 14.9 Å². The first-order chi connectivity index (χ1) is 13.2. The highest BCUT2D eigenvalue weighted by molar-refractivity contribution is 6.43. The summed E-state index contributed by atoms with van der Waals surface area (Å²) in [5.41, 5.74) is 0.260. The molecule has 0 aromatic heterocycles. The third-order valence-corrected chi connectivity index (χ3v) is 4.41. The summed E-state index contributed by atoms with van der Waals surface area (Å²) in [4.78, 5) is 34.1. The van der Waals surface area contributed by atoms with E-state index in [1.807, 2.05) is 0 Å². The Bertz CT molecular complexity index is 935. The third-order valence-electron chi connectivity index (χ3n) is 3.40. The van der Waals surface area contributed by atoms with Crippen molar-refractivity contribution in [1.82, 2.24) is 0 Å². The summed E-state index contributed by atoms with van der Waals surface area (Å²) < 4.78 is 9.97. The van der Waals surface area contributed by atoms with Crippen LogP contribution in [0.2, 0.25) is 15.1 Å². The Hall–Kier alpha value is -2.55. The van der Waals surface area contributed by atoms with E-state index in [0.29, 0.717) is 5.56 Å². The molecule has 1 amide bonds. The molecule has 2 aromatic rings. The lowest BCUT2D eigenvalue weighted by Gasteiger charge is -2.11. The Balaban J connectivity index is 1.89. The van der Waals surface area contributed by atoms with Gasteiger partial charge in [0.1, 0.15) is 11.4 Å². The van der Waals surface area contributed by atoms with Gasteiger partial charge in [0.15, 0.2) is 13.2 Å². The molecule has 0 aliphatic heterocycles. The maximum Gasteiger partial charge on any atom is 0.344 e. The Labute approximate surface area is 174 Å². The molecule has 0 fully saturated rings. The summed E-state index contributed by atoms with van der Waals surface area (Å²) >= 11 is 17.6. The lowest BCUT2D eigenvalue weighted by Crippen LogP contribution is -2.24. The minimum Gasteiger partial charge on any atom is -0.480 e. The number of ether oxygens (including phenoxy) is 2. The van der Waals surface area contributed by atoms with Crippen LogP contribution < -0.4 is 10.1 Å². The summed E-state index contributed by atoms with van der Waals surface area (Å²) in [5, 5.41) is 14.0. The molecular formula is C17H13Cl3N2O6. The number of amides is 1. The van der Waals surface area contributed by atoms with Gasteiger partial charge in [0.25, 0.3) is 11.6 Å². The predicted molar refractivity (Wildman–Crippen MR) is 104 cm³/mol. The quantitative estimate of drug-likeness (QED) is 0.291. The van der Waals surface area contributed by atoms with Crippen LogP contribution in [0.4, 0.5) is 11.4 Å². The Morgan fingerprint density at radius 1 is 1.11 bits per heavy atom. The van der Waals surface area contributed by atoms with Gasteiger partial charge in [-0.15, -0.1) is 0 Å². The van der Waals surface area contributed by atoms with Crippen molar-refractivity contribution in [2.45, 2.75) is 6.92 Å². The molecule has 2 aromatic carbocycles.